The number of nitrogens with zero attached hydrogens (tertiary/aromatic N) is 5. The Morgan fingerprint density at radius 1 is 1.05 bits per heavy atom. The average Bonchev–Trinajstić information content (AvgIpc) is 2.98. The number of rotatable bonds is 5. The number of piperazine rings is 1. The molecule has 0 spiro atoms. The number of hydrogen-bond donors (Lipinski definition) is 1. The first-order valence-electron chi connectivity index (χ1n) is 12.6. The largest absolute Gasteiger partial charge is 0.409 e. The molecular formula is C29H22F4N6O2. The topological polar surface area (TPSA) is 106 Å². The first-order valence-corrected chi connectivity index (χ1v) is 12.6. The van der Waals surface area contributed by atoms with Crippen LogP contribution in [0.25, 0.3) is 16.8 Å². The lowest BCUT2D eigenvalue weighted by Crippen LogP contribution is -2.49. The Bertz CT molecular complexity index is 1730. The zero-order valence-corrected chi connectivity index (χ0v) is 21.5. The van der Waals surface area contributed by atoms with Crippen LogP contribution in [0.15, 0.2) is 65.6 Å². The smallest absolute Gasteiger partial charge is 0.353 e. The molecule has 3 heterocycles. The molecule has 0 bridgehead atoms. The average molecular weight is 563 g/mol. The third-order valence-electron chi connectivity index (χ3n) is 6.76. The van der Waals surface area contributed by atoms with Crippen LogP contribution in [0.4, 0.5) is 23.4 Å². The van der Waals surface area contributed by atoms with Crippen LogP contribution in [0.3, 0.4) is 0 Å². The molecule has 2 aromatic carbocycles. The van der Waals surface area contributed by atoms with E-state index in [0.29, 0.717) is 54.2 Å². The third kappa shape index (κ3) is 6.24. The number of halogens is 4. The fourth-order valence-corrected chi connectivity index (χ4v) is 4.65. The molecule has 1 aliphatic rings. The van der Waals surface area contributed by atoms with Crippen molar-refractivity contribution < 1.29 is 22.4 Å². The summed E-state index contributed by atoms with van der Waals surface area (Å²) in [7, 11) is 0. The second kappa shape index (κ2) is 11.2. The van der Waals surface area contributed by atoms with Crippen molar-refractivity contribution in [3.8, 4) is 6.07 Å². The van der Waals surface area contributed by atoms with Gasteiger partial charge in [0.1, 0.15) is 17.7 Å². The minimum absolute atomic E-state index is 0.0957. The van der Waals surface area contributed by atoms with Gasteiger partial charge in [-0.15, -0.1) is 0 Å². The number of hydrogen-bond acceptors (Lipinski definition) is 6. The number of allylic oxidation sites excluding steroid dienone is 1. The number of fused-ring (bicyclic) bond motifs is 1. The van der Waals surface area contributed by atoms with E-state index in [1.807, 2.05) is 11.0 Å². The lowest BCUT2D eigenvalue weighted by molar-refractivity contribution is -0.0790. The van der Waals surface area contributed by atoms with Crippen LogP contribution in [-0.2, 0) is 6.42 Å². The maximum absolute atomic E-state index is 14.8. The van der Waals surface area contributed by atoms with Gasteiger partial charge in [0.2, 0.25) is 0 Å². The Kier molecular flexibility index (Phi) is 7.52. The minimum Gasteiger partial charge on any atom is -0.353 e. The molecule has 4 aromatic rings. The molecule has 1 amide bonds. The van der Waals surface area contributed by atoms with Crippen molar-refractivity contribution in [1.82, 2.24) is 20.1 Å². The second-order valence-electron chi connectivity index (χ2n) is 9.47. The summed E-state index contributed by atoms with van der Waals surface area (Å²) in [6.07, 6.45) is -1.91. The highest BCUT2D eigenvalue weighted by atomic mass is 19.4. The number of pyridine rings is 1. The first kappa shape index (κ1) is 27.5. The molecule has 0 radical (unpaired) electrons. The van der Waals surface area contributed by atoms with E-state index in [9.17, 15) is 27.2 Å². The number of carbonyl (C=O) groups excluding carboxylic acids is 1. The van der Waals surface area contributed by atoms with Crippen LogP contribution in [0.2, 0.25) is 0 Å². The molecule has 1 N–H and O–H groups in total. The van der Waals surface area contributed by atoms with Crippen molar-refractivity contribution in [2.45, 2.75) is 12.6 Å². The maximum atomic E-state index is 14.8. The Morgan fingerprint density at radius 3 is 2.51 bits per heavy atom. The number of anilines is 1. The molecule has 0 aliphatic carbocycles. The third-order valence-corrected chi connectivity index (χ3v) is 6.76. The van der Waals surface area contributed by atoms with Crippen molar-refractivity contribution >= 4 is 28.6 Å². The number of aromatic amines is 1. The normalized spacial score (nSPS) is 14.0. The van der Waals surface area contributed by atoms with Gasteiger partial charge in [0.05, 0.1) is 22.2 Å². The summed E-state index contributed by atoms with van der Waals surface area (Å²) in [5, 5.41) is 16.0. The van der Waals surface area contributed by atoms with Crippen molar-refractivity contribution in [2.24, 2.45) is 0 Å². The number of benzene rings is 2. The zero-order valence-electron chi connectivity index (χ0n) is 21.5. The van der Waals surface area contributed by atoms with Gasteiger partial charge >= 0.3 is 6.18 Å². The van der Waals surface area contributed by atoms with E-state index in [1.165, 1.54) is 42.6 Å². The number of H-pyrrole nitrogens is 1. The second-order valence-corrected chi connectivity index (χ2v) is 9.47. The quantitative estimate of drug-likeness (QED) is 0.360. The van der Waals surface area contributed by atoms with Crippen LogP contribution >= 0.6 is 0 Å². The predicted molar refractivity (Wildman–Crippen MR) is 144 cm³/mol. The highest BCUT2D eigenvalue weighted by Crippen LogP contribution is 2.24. The van der Waals surface area contributed by atoms with Crippen LogP contribution < -0.4 is 10.5 Å². The van der Waals surface area contributed by atoms with E-state index >= 15 is 0 Å². The lowest BCUT2D eigenvalue weighted by atomic mass is 10.0. The van der Waals surface area contributed by atoms with E-state index in [2.05, 4.69) is 15.2 Å². The number of alkyl halides is 3. The van der Waals surface area contributed by atoms with Gasteiger partial charge in [-0.05, 0) is 47.5 Å². The van der Waals surface area contributed by atoms with E-state index in [-0.39, 0.29) is 29.0 Å². The SMILES string of the molecule is N#Cc1ccc(N2CCN(C(=O)c3cc(Cc4n[nH]c(=O)c5ccc(/C=C/C(F)(F)F)cc45)ccc3F)CC2)nc1. The van der Waals surface area contributed by atoms with E-state index < -0.39 is 23.5 Å². The Labute approximate surface area is 231 Å². The van der Waals surface area contributed by atoms with Crippen molar-refractivity contribution in [1.29, 1.82) is 5.26 Å². The molecule has 41 heavy (non-hydrogen) atoms. The van der Waals surface area contributed by atoms with Crippen LogP contribution in [0.5, 0.6) is 0 Å². The highest BCUT2D eigenvalue weighted by Gasteiger charge is 2.25. The van der Waals surface area contributed by atoms with Crippen molar-refractivity contribution in [3.63, 3.8) is 0 Å². The van der Waals surface area contributed by atoms with E-state index in [4.69, 9.17) is 5.26 Å². The zero-order chi connectivity index (χ0) is 29.1. The molecule has 2 aromatic heterocycles. The van der Waals surface area contributed by atoms with Crippen LogP contribution in [0, 0.1) is 17.1 Å². The summed E-state index contributed by atoms with van der Waals surface area (Å²) in [5.74, 6) is -0.480. The molecule has 5 rings (SSSR count). The number of nitrogens with one attached hydrogen (secondary N) is 1. The van der Waals surface area contributed by atoms with Crippen LogP contribution in [0.1, 0.15) is 32.7 Å². The molecule has 0 atom stereocenters. The number of aromatic nitrogens is 3. The summed E-state index contributed by atoms with van der Waals surface area (Å²) in [5.41, 5.74) is 0.952. The van der Waals surface area contributed by atoms with Gasteiger partial charge < -0.3 is 9.80 Å². The van der Waals surface area contributed by atoms with Gasteiger partial charge in [-0.25, -0.2) is 14.5 Å². The summed E-state index contributed by atoms with van der Waals surface area (Å²) < 4.78 is 52.8. The highest BCUT2D eigenvalue weighted by molar-refractivity contribution is 5.95. The fourth-order valence-electron chi connectivity index (χ4n) is 4.65. The van der Waals surface area contributed by atoms with Gasteiger partial charge in [-0.3, -0.25) is 9.59 Å². The Balaban J connectivity index is 1.35. The number of amides is 1. The fraction of sp³-hybridized carbons (Fsp3) is 0.207. The van der Waals surface area contributed by atoms with E-state index in [1.54, 1.807) is 17.0 Å². The lowest BCUT2D eigenvalue weighted by Gasteiger charge is -2.35. The predicted octanol–water partition coefficient (Wildman–Crippen LogP) is 4.46. The van der Waals surface area contributed by atoms with Crippen LogP contribution in [-0.4, -0.2) is 58.3 Å². The molecule has 1 fully saturated rings. The molecule has 208 valence electrons. The van der Waals surface area contributed by atoms with Gasteiger partial charge in [0.25, 0.3) is 11.5 Å². The molecule has 1 saturated heterocycles. The number of carbonyl (C=O) groups is 1. The Morgan fingerprint density at radius 2 is 1.83 bits per heavy atom. The maximum Gasteiger partial charge on any atom is 0.409 e. The molecular weight excluding hydrogens is 540 g/mol. The van der Waals surface area contributed by atoms with Crippen molar-refractivity contribution in [3.05, 3.63) is 105 Å². The van der Waals surface area contributed by atoms with Gasteiger partial charge in [0, 0.05) is 50.3 Å². The number of nitriles is 1. The summed E-state index contributed by atoms with van der Waals surface area (Å²) >= 11 is 0. The van der Waals surface area contributed by atoms with E-state index in [0.717, 1.165) is 6.08 Å². The summed E-state index contributed by atoms with van der Waals surface area (Å²) in [6, 6.07) is 13.8. The van der Waals surface area contributed by atoms with Gasteiger partial charge in [-0.2, -0.15) is 23.5 Å². The minimum atomic E-state index is -4.49. The monoisotopic (exact) mass is 562 g/mol. The molecule has 1 aliphatic heterocycles. The molecule has 0 saturated carbocycles. The van der Waals surface area contributed by atoms with Crippen molar-refractivity contribution in [2.75, 3.05) is 31.1 Å². The molecule has 12 heteroatoms. The molecule has 8 nitrogen and oxygen atoms in total. The van der Waals surface area contributed by atoms with Gasteiger partial charge in [0.15, 0.2) is 0 Å². The molecule has 0 unspecified atom stereocenters. The standard InChI is InChI=1S/C29H22F4N6O2/c30-24-5-2-19(15-25-22-13-18(7-8-29(31,32)33)1-4-21(22)27(40)37-36-25)14-23(24)28(41)39-11-9-38(10-12-39)26-6-3-20(16-34)17-35-26/h1-8,13-14,17H,9-12,15H2,(H,37,40)/b8-7+. The summed E-state index contributed by atoms with van der Waals surface area (Å²) in [4.78, 5) is 33.3. The Hall–Kier alpha value is -5.05. The first-order chi connectivity index (χ1) is 19.6. The van der Waals surface area contributed by atoms with Gasteiger partial charge in [-0.1, -0.05) is 18.2 Å². The summed E-state index contributed by atoms with van der Waals surface area (Å²) in [6.45, 7) is 1.63.